The summed E-state index contributed by atoms with van der Waals surface area (Å²) in [7, 11) is 3.64. The van der Waals surface area contributed by atoms with Crippen molar-refractivity contribution in [1.29, 1.82) is 0 Å². The lowest BCUT2D eigenvalue weighted by molar-refractivity contribution is 0.689. The molecule has 0 heterocycles. The van der Waals surface area contributed by atoms with Gasteiger partial charge in [-0.3, -0.25) is 22.5 Å². The first kappa shape index (κ1) is 16.4. The molecule has 0 saturated heterocycles. The zero-order valence-electron chi connectivity index (χ0n) is 7.15. The van der Waals surface area contributed by atoms with E-state index in [0.717, 1.165) is 13.0 Å². The minimum absolute atomic E-state index is 0.819. The molecule has 0 aromatic heterocycles. The summed E-state index contributed by atoms with van der Waals surface area (Å²) >= 11 is 0. The Kier molecular flexibility index (Phi) is 60.9. The van der Waals surface area contributed by atoms with Gasteiger partial charge in [-0.1, -0.05) is 6.92 Å². The van der Waals surface area contributed by atoms with Crippen molar-refractivity contribution in [3.8, 4) is 0 Å². The van der Waals surface area contributed by atoms with Crippen LogP contribution in [0.15, 0.2) is 0 Å². The van der Waals surface area contributed by atoms with Gasteiger partial charge in [0.25, 0.3) is 0 Å². The van der Waals surface area contributed by atoms with Gasteiger partial charge in [0.15, 0.2) is 0 Å². The number of nitrogens with two attached hydrogens (primary N) is 3. The summed E-state index contributed by atoms with van der Waals surface area (Å²) in [5.74, 6) is 8.00. The second-order valence-electron chi connectivity index (χ2n) is 1.29. The molecule has 0 atom stereocenters. The Hall–Kier alpha value is -0.200. The van der Waals surface area contributed by atoms with Crippen molar-refractivity contribution in [3.63, 3.8) is 0 Å². The Morgan fingerprint density at radius 3 is 1.30 bits per heavy atom. The van der Waals surface area contributed by atoms with E-state index in [1.165, 1.54) is 0 Å². The van der Waals surface area contributed by atoms with Gasteiger partial charge in [-0.15, -0.1) is 0 Å². The van der Waals surface area contributed by atoms with Gasteiger partial charge in [-0.25, -0.2) is 0 Å². The van der Waals surface area contributed by atoms with E-state index in [2.05, 4.69) is 29.5 Å². The van der Waals surface area contributed by atoms with Gasteiger partial charge in [0.05, 0.1) is 0 Å². The maximum atomic E-state index is 5.03. The second-order valence-corrected chi connectivity index (χ2v) is 1.29. The summed E-state index contributed by atoms with van der Waals surface area (Å²) in [6.45, 7) is 2.88. The molecule has 0 spiro atoms. The molecule has 0 rings (SSSR count). The van der Waals surface area contributed by atoms with Crippen LogP contribution in [0.5, 0.6) is 0 Å². The van der Waals surface area contributed by atoms with Crippen LogP contribution in [0.25, 0.3) is 0 Å². The standard InChI is InChI=1S/C3H9N.C2H8N2.H4N2/c1-2-3-4;1-3-4-2;1-2/h2-4H2,1H3;3-4H,1-2H3;1-2H2. The van der Waals surface area contributed by atoms with E-state index in [4.69, 9.17) is 5.73 Å². The first-order valence-electron chi connectivity index (χ1n) is 3.20. The van der Waals surface area contributed by atoms with E-state index in [0.29, 0.717) is 0 Å². The van der Waals surface area contributed by atoms with Gasteiger partial charge in [-0.05, 0) is 27.1 Å². The Balaban J connectivity index is -0.0000000787. The number of hydrogen-bond donors (Lipinski definition) is 5. The zero-order valence-corrected chi connectivity index (χ0v) is 7.15. The van der Waals surface area contributed by atoms with Gasteiger partial charge in [0.2, 0.25) is 0 Å². The lowest BCUT2D eigenvalue weighted by Crippen LogP contribution is -2.21. The molecule has 8 N–H and O–H groups in total. The van der Waals surface area contributed by atoms with Crippen LogP contribution in [-0.4, -0.2) is 20.6 Å². The fourth-order valence-electron chi connectivity index (χ4n) is 0. The van der Waals surface area contributed by atoms with Crippen LogP contribution < -0.4 is 28.3 Å². The zero-order chi connectivity index (χ0) is 8.83. The molecule has 0 fully saturated rings. The molecule has 0 bridgehead atoms. The van der Waals surface area contributed by atoms with E-state index in [1.54, 1.807) is 0 Å². The highest BCUT2D eigenvalue weighted by Gasteiger charge is 1.55. The molecule has 0 aromatic rings. The van der Waals surface area contributed by atoms with Crippen molar-refractivity contribution in [1.82, 2.24) is 10.9 Å². The molecular weight excluding hydrogens is 130 g/mol. The lowest BCUT2D eigenvalue weighted by atomic mass is 10.5. The normalized spacial score (nSPS) is 6.60. The fraction of sp³-hybridized carbons (Fsp3) is 1.00. The molecule has 5 heteroatoms. The minimum Gasteiger partial charge on any atom is -0.330 e. The molecule has 5 nitrogen and oxygen atoms in total. The second kappa shape index (κ2) is 37.1. The predicted molar refractivity (Wildman–Crippen MR) is 45.8 cm³/mol. The van der Waals surface area contributed by atoms with Gasteiger partial charge in [0, 0.05) is 0 Å². The molecular formula is C5H21N5. The maximum Gasteiger partial charge on any atom is -0.00150 e. The fourth-order valence-corrected chi connectivity index (χ4v) is 0. The average molecular weight is 151 g/mol. The van der Waals surface area contributed by atoms with E-state index in [9.17, 15) is 0 Å². The third-order valence-corrected chi connectivity index (χ3v) is 0.539. The van der Waals surface area contributed by atoms with Crippen LogP contribution in [0.2, 0.25) is 0 Å². The van der Waals surface area contributed by atoms with Crippen LogP contribution in [-0.2, 0) is 0 Å². The quantitative estimate of drug-likeness (QED) is 0.244. The predicted octanol–water partition coefficient (Wildman–Crippen LogP) is -1.49. The molecule has 0 saturated carbocycles. The molecule has 0 aliphatic carbocycles. The maximum absolute atomic E-state index is 5.03. The molecule has 10 heavy (non-hydrogen) atoms. The molecule has 0 unspecified atom stereocenters. The van der Waals surface area contributed by atoms with Crippen molar-refractivity contribution in [2.24, 2.45) is 17.4 Å². The van der Waals surface area contributed by atoms with E-state index >= 15 is 0 Å². The molecule has 0 aromatic carbocycles. The Bertz CT molecular complexity index is 18.0. The third-order valence-electron chi connectivity index (χ3n) is 0.539. The third kappa shape index (κ3) is 111. The van der Waals surface area contributed by atoms with Crippen LogP contribution in [0.4, 0.5) is 0 Å². The van der Waals surface area contributed by atoms with Gasteiger partial charge < -0.3 is 5.73 Å². The average Bonchev–Trinajstić information content (AvgIpc) is 2.08. The highest BCUT2D eigenvalue weighted by atomic mass is 15.3. The number of hydrogen-bond acceptors (Lipinski definition) is 5. The van der Waals surface area contributed by atoms with E-state index < -0.39 is 0 Å². The Labute approximate surface area is 63.3 Å². The van der Waals surface area contributed by atoms with Crippen LogP contribution >= 0.6 is 0 Å². The molecule has 0 radical (unpaired) electrons. The topological polar surface area (TPSA) is 102 Å². The molecule has 66 valence electrons. The van der Waals surface area contributed by atoms with Crippen molar-refractivity contribution in [2.75, 3.05) is 20.6 Å². The largest absolute Gasteiger partial charge is 0.330 e. The first-order chi connectivity index (χ1) is 4.83. The van der Waals surface area contributed by atoms with E-state index in [1.807, 2.05) is 14.1 Å². The van der Waals surface area contributed by atoms with Gasteiger partial charge in [0.1, 0.15) is 0 Å². The number of hydrazine groups is 2. The van der Waals surface area contributed by atoms with E-state index in [-0.39, 0.29) is 0 Å². The van der Waals surface area contributed by atoms with Crippen molar-refractivity contribution in [2.45, 2.75) is 13.3 Å². The minimum atomic E-state index is 0.819. The monoisotopic (exact) mass is 151 g/mol. The summed E-state index contributed by atoms with van der Waals surface area (Å²) < 4.78 is 0. The van der Waals surface area contributed by atoms with Gasteiger partial charge >= 0.3 is 0 Å². The molecule has 0 aliphatic rings. The number of nitrogens with one attached hydrogen (secondary N) is 2. The van der Waals surface area contributed by atoms with Crippen LogP contribution in [0.1, 0.15) is 13.3 Å². The Morgan fingerprint density at radius 1 is 1.10 bits per heavy atom. The molecule has 0 amide bonds. The summed E-state index contributed by atoms with van der Waals surface area (Å²) in [5.41, 5.74) is 10.4. The van der Waals surface area contributed by atoms with Crippen molar-refractivity contribution < 1.29 is 0 Å². The van der Waals surface area contributed by atoms with Crippen LogP contribution in [0, 0.1) is 0 Å². The number of rotatable bonds is 2. The van der Waals surface area contributed by atoms with Crippen molar-refractivity contribution >= 4 is 0 Å². The van der Waals surface area contributed by atoms with Gasteiger partial charge in [-0.2, -0.15) is 0 Å². The SMILES string of the molecule is CCCN.CNNC.NN. The summed E-state index contributed by atoms with van der Waals surface area (Å²) in [6.07, 6.45) is 1.10. The first-order valence-corrected chi connectivity index (χ1v) is 3.20. The highest BCUT2D eigenvalue weighted by molar-refractivity contribution is 4.19. The van der Waals surface area contributed by atoms with Crippen molar-refractivity contribution in [3.05, 3.63) is 0 Å². The smallest absolute Gasteiger partial charge is 0.00150 e. The Morgan fingerprint density at radius 2 is 1.30 bits per heavy atom. The lowest BCUT2D eigenvalue weighted by Gasteiger charge is -1.81. The highest BCUT2D eigenvalue weighted by Crippen LogP contribution is 1.57. The molecule has 0 aliphatic heterocycles. The summed E-state index contributed by atoms with van der Waals surface area (Å²) in [5, 5.41) is 0. The summed E-state index contributed by atoms with van der Waals surface area (Å²) in [4.78, 5) is 0. The van der Waals surface area contributed by atoms with Crippen LogP contribution in [0.3, 0.4) is 0 Å². The summed E-state index contributed by atoms with van der Waals surface area (Å²) in [6, 6.07) is 0.